The lowest BCUT2D eigenvalue weighted by molar-refractivity contribution is -0.0422. The molecule has 3 heterocycles. The normalized spacial score (nSPS) is 26.1. The van der Waals surface area contributed by atoms with Gasteiger partial charge in [-0.15, -0.1) is 0 Å². The number of imidazole rings is 1. The maximum Gasteiger partial charge on any atom is 0.490 e. The summed E-state index contributed by atoms with van der Waals surface area (Å²) in [5.74, 6) is 0.0494. The van der Waals surface area contributed by atoms with Gasteiger partial charge in [-0.05, 0) is 11.6 Å². The van der Waals surface area contributed by atoms with E-state index in [9.17, 15) is 23.7 Å². The first kappa shape index (κ1) is 24.6. The minimum Gasteiger partial charge on any atom is -0.390 e. The second kappa shape index (κ2) is 8.72. The lowest BCUT2D eigenvalue weighted by Gasteiger charge is -2.19. The van der Waals surface area contributed by atoms with Crippen LogP contribution in [0.25, 0.3) is 11.2 Å². The maximum absolute atomic E-state index is 11.8. The first-order valence-electron chi connectivity index (χ1n) is 7.93. The van der Waals surface area contributed by atoms with E-state index < -0.39 is 48.5 Å². The minimum absolute atomic E-state index is 0.0494. The Morgan fingerprint density at radius 1 is 1.19 bits per heavy atom. The molecule has 5 unspecified atom stereocenters. The lowest BCUT2D eigenvalue weighted by Crippen LogP contribution is -2.26. The number of aromatic nitrogens is 4. The molecular weight excluding hydrogens is 511 g/mol. The number of phosphoric acid groups is 3. The van der Waals surface area contributed by atoms with Gasteiger partial charge >= 0.3 is 23.5 Å². The fourth-order valence-corrected chi connectivity index (χ4v) is 5.95. The molecule has 3 rings (SSSR count). The first-order chi connectivity index (χ1) is 14.2. The van der Waals surface area contributed by atoms with Crippen molar-refractivity contribution < 1.29 is 56.3 Å². The first-order valence-corrected chi connectivity index (χ1v) is 12.8. The summed E-state index contributed by atoms with van der Waals surface area (Å²) in [6, 6.07) is 0. The van der Waals surface area contributed by atoms with Gasteiger partial charge in [-0.1, -0.05) is 0 Å². The summed E-state index contributed by atoms with van der Waals surface area (Å²) >= 11 is 6.08. The highest BCUT2D eigenvalue weighted by Gasteiger charge is 2.43. The van der Waals surface area contributed by atoms with E-state index in [0.717, 1.165) is 6.33 Å². The Kier molecular flexibility index (Phi) is 6.93. The molecular formula is C10H15ClN5O12P3. The highest BCUT2D eigenvalue weighted by molar-refractivity contribution is 7.66. The number of aliphatic hydroxyl groups excluding tert-OH is 1. The molecule has 0 aliphatic carbocycles. The van der Waals surface area contributed by atoms with Crippen molar-refractivity contribution in [2.75, 3.05) is 12.3 Å². The van der Waals surface area contributed by atoms with Gasteiger partial charge in [0.2, 0.25) is 5.28 Å². The second-order valence-corrected chi connectivity index (χ2v) is 10.8. The average molecular weight is 526 g/mol. The number of hydrogen-bond donors (Lipinski definition) is 6. The van der Waals surface area contributed by atoms with Gasteiger partial charge in [-0.3, -0.25) is 9.09 Å². The van der Waals surface area contributed by atoms with E-state index in [1.165, 1.54) is 4.57 Å². The van der Waals surface area contributed by atoms with Crippen LogP contribution in [0, 0.1) is 0 Å². The van der Waals surface area contributed by atoms with Gasteiger partial charge in [0.05, 0.1) is 12.7 Å². The number of nitrogens with zero attached hydrogens (tertiary/aromatic N) is 4. The highest BCUT2D eigenvalue weighted by atomic mass is 35.5. The predicted molar refractivity (Wildman–Crippen MR) is 99.1 cm³/mol. The van der Waals surface area contributed by atoms with Crippen LogP contribution in [0.3, 0.4) is 0 Å². The van der Waals surface area contributed by atoms with E-state index in [0.29, 0.717) is 0 Å². The standard InChI is InChI=1S/C10H15ClN5O12P3/c11-10-15-7-8(12)13-3-14-9(7)16(10)6-1-4(17)5(26-6)2-25-30(21,22)28-31(23,24)27-29(18,19)20/h3-6,17H,1-2H2,(H,21,22)(H,23,24)(H2,12,13,14)(H2,18,19,20). The monoisotopic (exact) mass is 525 g/mol. The molecule has 174 valence electrons. The van der Waals surface area contributed by atoms with Gasteiger partial charge in [-0.25, -0.2) is 28.6 Å². The van der Waals surface area contributed by atoms with Crippen molar-refractivity contribution in [3.05, 3.63) is 11.6 Å². The summed E-state index contributed by atoms with van der Waals surface area (Å²) in [5.41, 5.74) is 6.09. The third-order valence-corrected chi connectivity index (χ3v) is 7.84. The zero-order valence-electron chi connectivity index (χ0n) is 14.9. The highest BCUT2D eigenvalue weighted by Crippen LogP contribution is 2.66. The molecule has 2 aromatic heterocycles. The largest absolute Gasteiger partial charge is 0.490 e. The van der Waals surface area contributed by atoms with Gasteiger partial charge in [0.15, 0.2) is 17.0 Å². The Balaban J connectivity index is 1.68. The Morgan fingerprint density at radius 3 is 2.52 bits per heavy atom. The molecule has 1 aliphatic rings. The van der Waals surface area contributed by atoms with E-state index in [1.807, 2.05) is 0 Å². The third kappa shape index (κ3) is 6.06. The summed E-state index contributed by atoms with van der Waals surface area (Å²) in [5, 5.41) is 10.1. The summed E-state index contributed by atoms with van der Waals surface area (Å²) in [6.07, 6.45) is -2.38. The van der Waals surface area contributed by atoms with Crippen LogP contribution >= 0.6 is 35.1 Å². The van der Waals surface area contributed by atoms with Gasteiger partial charge < -0.3 is 35.2 Å². The summed E-state index contributed by atoms with van der Waals surface area (Å²) in [6.45, 7) is -0.831. The van der Waals surface area contributed by atoms with Crippen LogP contribution in [0.1, 0.15) is 12.6 Å². The predicted octanol–water partition coefficient (Wildman–Crippen LogP) is 0.0536. The van der Waals surface area contributed by atoms with Crippen LogP contribution < -0.4 is 5.73 Å². The lowest BCUT2D eigenvalue weighted by atomic mass is 10.2. The number of fused-ring (bicyclic) bond motifs is 1. The van der Waals surface area contributed by atoms with Crippen molar-refractivity contribution in [3.8, 4) is 0 Å². The number of hydrogen-bond acceptors (Lipinski definition) is 12. The molecule has 1 aliphatic heterocycles. The summed E-state index contributed by atoms with van der Waals surface area (Å²) in [4.78, 5) is 47.4. The van der Waals surface area contributed by atoms with Crippen LogP contribution in [-0.4, -0.2) is 63.0 Å². The summed E-state index contributed by atoms with van der Waals surface area (Å²) < 4.78 is 52.2. The number of phosphoric ester groups is 1. The van der Waals surface area contributed by atoms with Crippen LogP contribution in [0.2, 0.25) is 5.28 Å². The number of rotatable bonds is 8. The molecule has 1 fully saturated rings. The second-order valence-electron chi connectivity index (χ2n) is 6.00. The number of halogens is 1. The van der Waals surface area contributed by atoms with Crippen molar-refractivity contribution in [3.63, 3.8) is 0 Å². The van der Waals surface area contributed by atoms with Crippen LogP contribution in [0.4, 0.5) is 5.82 Å². The van der Waals surface area contributed by atoms with Crippen LogP contribution in [0.5, 0.6) is 0 Å². The van der Waals surface area contributed by atoms with E-state index in [2.05, 4.69) is 28.1 Å². The Labute approximate surface area is 177 Å². The van der Waals surface area contributed by atoms with Crippen molar-refractivity contribution in [1.29, 1.82) is 0 Å². The van der Waals surface area contributed by atoms with Gasteiger partial charge in [0.25, 0.3) is 0 Å². The molecule has 0 saturated carbocycles. The van der Waals surface area contributed by atoms with Gasteiger partial charge in [0, 0.05) is 6.42 Å². The number of anilines is 1. The molecule has 0 amide bonds. The van der Waals surface area contributed by atoms with E-state index >= 15 is 0 Å². The molecule has 0 radical (unpaired) electrons. The Bertz CT molecular complexity index is 1120. The topological polar surface area (TPSA) is 259 Å². The van der Waals surface area contributed by atoms with Crippen molar-refractivity contribution in [2.24, 2.45) is 0 Å². The molecule has 5 atom stereocenters. The van der Waals surface area contributed by atoms with Gasteiger partial charge in [0.1, 0.15) is 18.7 Å². The SMILES string of the molecule is Nc1ncnc2c1nc(Cl)n2C1CC(O)C(COP(=O)(O)OP(=O)(O)OP(=O)(O)O)O1. The number of aliphatic hydroxyl groups is 1. The van der Waals surface area contributed by atoms with E-state index in [4.69, 9.17) is 36.8 Å². The third-order valence-electron chi connectivity index (χ3n) is 3.77. The van der Waals surface area contributed by atoms with E-state index in [-0.39, 0.29) is 28.7 Å². The Morgan fingerprint density at radius 2 is 1.87 bits per heavy atom. The fourth-order valence-electron chi connectivity index (χ4n) is 2.65. The van der Waals surface area contributed by atoms with Crippen molar-refractivity contribution in [1.82, 2.24) is 19.5 Å². The molecule has 7 N–H and O–H groups in total. The van der Waals surface area contributed by atoms with Gasteiger partial charge in [-0.2, -0.15) is 8.62 Å². The number of ether oxygens (including phenoxy) is 1. The number of nitrogens with two attached hydrogens (primary N) is 1. The molecule has 1 saturated heterocycles. The zero-order chi connectivity index (χ0) is 23.2. The fraction of sp³-hybridized carbons (Fsp3) is 0.500. The average Bonchev–Trinajstić information content (AvgIpc) is 3.09. The minimum atomic E-state index is -5.66. The smallest absolute Gasteiger partial charge is 0.390 e. The maximum atomic E-state index is 11.8. The molecule has 21 heteroatoms. The molecule has 0 aromatic carbocycles. The molecule has 31 heavy (non-hydrogen) atoms. The van der Waals surface area contributed by atoms with Crippen LogP contribution in [0.15, 0.2) is 6.33 Å². The van der Waals surface area contributed by atoms with E-state index in [1.54, 1.807) is 0 Å². The molecule has 2 aromatic rings. The zero-order valence-corrected chi connectivity index (χ0v) is 18.3. The van der Waals surface area contributed by atoms with Crippen molar-refractivity contribution in [2.45, 2.75) is 24.9 Å². The molecule has 0 spiro atoms. The Hall–Kier alpha value is -1.03. The van der Waals surface area contributed by atoms with Crippen LogP contribution in [-0.2, 0) is 31.6 Å². The quantitative estimate of drug-likeness (QED) is 0.196. The molecule has 0 bridgehead atoms. The number of nitrogen functional groups attached to an aromatic ring is 1. The molecule has 17 nitrogen and oxygen atoms in total. The summed E-state index contributed by atoms with van der Waals surface area (Å²) in [7, 11) is -16.6. The van der Waals surface area contributed by atoms with Crippen molar-refractivity contribution >= 4 is 52.1 Å².